The van der Waals surface area contributed by atoms with E-state index in [1.165, 1.54) is 7.11 Å². The van der Waals surface area contributed by atoms with E-state index in [0.717, 1.165) is 11.3 Å². The molecule has 0 aromatic carbocycles. The quantitative estimate of drug-likeness (QED) is 0.748. The third-order valence-corrected chi connectivity index (χ3v) is 2.55. The second-order valence-corrected chi connectivity index (χ2v) is 3.58. The molecule has 0 saturated carbocycles. The van der Waals surface area contributed by atoms with E-state index in [1.54, 1.807) is 23.8 Å². The maximum absolute atomic E-state index is 11.6. The predicted octanol–water partition coefficient (Wildman–Crippen LogP) is 1.31. The van der Waals surface area contributed by atoms with Crippen molar-refractivity contribution >= 4 is 11.5 Å². The third kappa shape index (κ3) is 2.14. The Labute approximate surface area is 99.0 Å². The number of esters is 1. The van der Waals surface area contributed by atoms with Crippen LogP contribution in [-0.2, 0) is 15.9 Å². The summed E-state index contributed by atoms with van der Waals surface area (Å²) < 4.78 is 11.6. The van der Waals surface area contributed by atoms with Gasteiger partial charge in [0.15, 0.2) is 0 Å². The highest BCUT2D eigenvalue weighted by molar-refractivity contribution is 5.88. The molecule has 5 nitrogen and oxygen atoms in total. The van der Waals surface area contributed by atoms with Crippen LogP contribution in [0.5, 0.6) is 0 Å². The number of imidazole rings is 1. The van der Waals surface area contributed by atoms with E-state index in [9.17, 15) is 4.79 Å². The Bertz CT molecular complexity index is 534. The fraction of sp³-hybridized carbons (Fsp3) is 0.333. The van der Waals surface area contributed by atoms with Crippen molar-refractivity contribution < 1.29 is 14.3 Å². The maximum Gasteiger partial charge on any atom is 0.355 e. The normalized spacial score (nSPS) is 10.7. The number of methoxy groups -OCH3 is 2. The summed E-state index contributed by atoms with van der Waals surface area (Å²) in [4.78, 5) is 15.9. The van der Waals surface area contributed by atoms with Crippen molar-refractivity contribution in [2.75, 3.05) is 20.8 Å². The summed E-state index contributed by atoms with van der Waals surface area (Å²) in [5.41, 5.74) is 1.35. The predicted molar refractivity (Wildman–Crippen MR) is 62.1 cm³/mol. The van der Waals surface area contributed by atoms with Gasteiger partial charge < -0.3 is 9.47 Å². The van der Waals surface area contributed by atoms with Crippen molar-refractivity contribution in [1.29, 1.82) is 0 Å². The molecule has 2 heterocycles. The summed E-state index contributed by atoms with van der Waals surface area (Å²) in [7, 11) is 3.00. The van der Waals surface area contributed by atoms with Gasteiger partial charge in [0.05, 0.1) is 25.4 Å². The molecule has 5 heteroatoms. The SMILES string of the molecule is COCCc1ncc2cccc(C(=O)OC)n12. The fourth-order valence-electron chi connectivity index (χ4n) is 1.75. The van der Waals surface area contributed by atoms with Crippen molar-refractivity contribution in [2.45, 2.75) is 6.42 Å². The van der Waals surface area contributed by atoms with Crippen LogP contribution < -0.4 is 0 Å². The van der Waals surface area contributed by atoms with E-state index in [1.807, 2.05) is 12.1 Å². The lowest BCUT2D eigenvalue weighted by molar-refractivity contribution is 0.0591. The number of carbonyl (C=O) groups is 1. The van der Waals surface area contributed by atoms with E-state index >= 15 is 0 Å². The molecule has 0 amide bonds. The zero-order chi connectivity index (χ0) is 12.3. The van der Waals surface area contributed by atoms with Crippen LogP contribution in [0.15, 0.2) is 24.4 Å². The van der Waals surface area contributed by atoms with Gasteiger partial charge >= 0.3 is 5.97 Å². The molecule has 0 aliphatic heterocycles. The third-order valence-electron chi connectivity index (χ3n) is 2.55. The highest BCUT2D eigenvalue weighted by Crippen LogP contribution is 2.12. The molecular weight excluding hydrogens is 220 g/mol. The molecule has 2 aromatic rings. The summed E-state index contributed by atoms with van der Waals surface area (Å²) >= 11 is 0. The summed E-state index contributed by atoms with van der Waals surface area (Å²) in [6.07, 6.45) is 2.39. The number of hydrogen-bond acceptors (Lipinski definition) is 4. The van der Waals surface area contributed by atoms with E-state index < -0.39 is 0 Å². The molecule has 0 fully saturated rings. The van der Waals surface area contributed by atoms with Gasteiger partial charge in [0.25, 0.3) is 0 Å². The standard InChI is InChI=1S/C12H14N2O3/c1-16-7-6-11-13-8-9-4-3-5-10(14(9)11)12(15)17-2/h3-5,8H,6-7H2,1-2H3. The van der Waals surface area contributed by atoms with Crippen LogP contribution in [0.3, 0.4) is 0 Å². The number of carbonyl (C=O) groups excluding carboxylic acids is 1. The van der Waals surface area contributed by atoms with Crippen molar-refractivity contribution in [3.63, 3.8) is 0 Å². The minimum absolute atomic E-state index is 0.368. The van der Waals surface area contributed by atoms with Gasteiger partial charge in [-0.05, 0) is 12.1 Å². The van der Waals surface area contributed by atoms with Crippen molar-refractivity contribution in [1.82, 2.24) is 9.38 Å². The lowest BCUT2D eigenvalue weighted by Crippen LogP contribution is -2.11. The van der Waals surface area contributed by atoms with Crippen LogP contribution in [0.25, 0.3) is 5.52 Å². The van der Waals surface area contributed by atoms with Crippen molar-refractivity contribution in [2.24, 2.45) is 0 Å². The van der Waals surface area contributed by atoms with Gasteiger partial charge in [-0.25, -0.2) is 9.78 Å². The summed E-state index contributed by atoms with van der Waals surface area (Å²) in [5, 5.41) is 0. The molecule has 0 radical (unpaired) electrons. The van der Waals surface area contributed by atoms with Gasteiger partial charge in [0.2, 0.25) is 0 Å². The van der Waals surface area contributed by atoms with Crippen molar-refractivity contribution in [3.05, 3.63) is 35.9 Å². The number of fused-ring (bicyclic) bond motifs is 1. The first-order valence-electron chi connectivity index (χ1n) is 5.30. The van der Waals surface area contributed by atoms with Gasteiger partial charge in [0, 0.05) is 13.5 Å². The Morgan fingerprint density at radius 1 is 1.41 bits per heavy atom. The molecule has 2 aromatic heterocycles. The minimum Gasteiger partial charge on any atom is -0.464 e. The van der Waals surface area contributed by atoms with Gasteiger partial charge in [0.1, 0.15) is 11.5 Å². The van der Waals surface area contributed by atoms with Gasteiger partial charge in [-0.2, -0.15) is 0 Å². The van der Waals surface area contributed by atoms with Crippen LogP contribution in [-0.4, -0.2) is 36.2 Å². The van der Waals surface area contributed by atoms with Crippen LogP contribution >= 0.6 is 0 Å². The summed E-state index contributed by atoms with van der Waals surface area (Å²) in [5.74, 6) is 0.426. The largest absolute Gasteiger partial charge is 0.464 e. The fourth-order valence-corrected chi connectivity index (χ4v) is 1.75. The van der Waals surface area contributed by atoms with Crippen LogP contribution in [0.1, 0.15) is 16.3 Å². The van der Waals surface area contributed by atoms with Gasteiger partial charge in [-0.3, -0.25) is 4.40 Å². The molecule has 0 unspecified atom stereocenters. The second kappa shape index (κ2) is 4.97. The van der Waals surface area contributed by atoms with Crippen LogP contribution in [0, 0.1) is 0 Å². The average molecular weight is 234 g/mol. The number of ether oxygens (including phenoxy) is 2. The molecule has 0 bridgehead atoms. The lowest BCUT2D eigenvalue weighted by atomic mass is 10.3. The number of rotatable bonds is 4. The lowest BCUT2D eigenvalue weighted by Gasteiger charge is -2.06. The Hall–Kier alpha value is -1.88. The van der Waals surface area contributed by atoms with Gasteiger partial charge in [-0.1, -0.05) is 6.07 Å². The average Bonchev–Trinajstić information content (AvgIpc) is 2.78. The molecule has 0 spiro atoms. The molecule has 0 saturated heterocycles. The number of aromatic nitrogens is 2. The molecule has 0 atom stereocenters. The molecule has 2 rings (SSSR count). The summed E-state index contributed by atoms with van der Waals surface area (Å²) in [6.45, 7) is 0.564. The summed E-state index contributed by atoms with van der Waals surface area (Å²) in [6, 6.07) is 5.43. The molecule has 0 aliphatic carbocycles. The smallest absolute Gasteiger partial charge is 0.355 e. The Kier molecular flexibility index (Phi) is 3.39. The Morgan fingerprint density at radius 3 is 2.94 bits per heavy atom. The molecule has 0 aliphatic rings. The highest BCUT2D eigenvalue weighted by atomic mass is 16.5. The highest BCUT2D eigenvalue weighted by Gasteiger charge is 2.13. The van der Waals surface area contributed by atoms with E-state index in [-0.39, 0.29) is 5.97 Å². The molecule has 17 heavy (non-hydrogen) atoms. The molecule has 90 valence electrons. The molecular formula is C12H14N2O3. The number of nitrogens with zero attached hydrogens (tertiary/aromatic N) is 2. The number of pyridine rings is 1. The first kappa shape index (κ1) is 11.6. The monoisotopic (exact) mass is 234 g/mol. The molecule has 0 N–H and O–H groups in total. The van der Waals surface area contributed by atoms with E-state index in [4.69, 9.17) is 9.47 Å². The minimum atomic E-state index is -0.368. The first-order valence-corrected chi connectivity index (χ1v) is 5.30. The zero-order valence-corrected chi connectivity index (χ0v) is 9.84. The Morgan fingerprint density at radius 2 is 2.24 bits per heavy atom. The van der Waals surface area contributed by atoms with E-state index in [0.29, 0.717) is 18.7 Å². The Balaban J connectivity index is 2.51. The van der Waals surface area contributed by atoms with Crippen molar-refractivity contribution in [3.8, 4) is 0 Å². The zero-order valence-electron chi connectivity index (χ0n) is 9.84. The van der Waals surface area contributed by atoms with E-state index in [2.05, 4.69) is 4.98 Å². The topological polar surface area (TPSA) is 52.8 Å². The van der Waals surface area contributed by atoms with Crippen LogP contribution in [0.2, 0.25) is 0 Å². The maximum atomic E-state index is 11.6. The first-order chi connectivity index (χ1) is 8.27. The van der Waals surface area contributed by atoms with Gasteiger partial charge in [-0.15, -0.1) is 0 Å². The second-order valence-electron chi connectivity index (χ2n) is 3.58. The van der Waals surface area contributed by atoms with Crippen LogP contribution in [0.4, 0.5) is 0 Å². The number of hydrogen-bond donors (Lipinski definition) is 0.